The summed E-state index contributed by atoms with van der Waals surface area (Å²) < 4.78 is 16.2. The highest BCUT2D eigenvalue weighted by Gasteiger charge is 2.27. The summed E-state index contributed by atoms with van der Waals surface area (Å²) in [6, 6.07) is 13.0. The van der Waals surface area contributed by atoms with E-state index in [1.165, 1.54) is 0 Å². The summed E-state index contributed by atoms with van der Waals surface area (Å²) in [7, 11) is 3.16. The lowest BCUT2D eigenvalue weighted by atomic mass is 10.00. The summed E-state index contributed by atoms with van der Waals surface area (Å²) in [5.74, 6) is 1.93. The van der Waals surface area contributed by atoms with Crippen LogP contribution in [0.5, 0.6) is 11.5 Å². The first-order valence-corrected chi connectivity index (χ1v) is 10.1. The predicted octanol–water partition coefficient (Wildman–Crippen LogP) is 4.44. The molecule has 4 rings (SSSR count). The minimum atomic E-state index is 0.00340. The molecule has 3 aromatic rings. The van der Waals surface area contributed by atoms with Crippen LogP contribution in [0.2, 0.25) is 0 Å². The van der Waals surface area contributed by atoms with E-state index < -0.39 is 0 Å². The van der Waals surface area contributed by atoms with Gasteiger partial charge in [-0.3, -0.25) is 4.79 Å². The van der Waals surface area contributed by atoms with Crippen molar-refractivity contribution in [1.29, 1.82) is 0 Å². The molecule has 1 atom stereocenters. The van der Waals surface area contributed by atoms with E-state index in [0.717, 1.165) is 31.4 Å². The molecule has 2 heterocycles. The molecule has 7 heteroatoms. The van der Waals surface area contributed by atoms with Crippen LogP contribution in [0.1, 0.15) is 36.5 Å². The highest BCUT2D eigenvalue weighted by atomic mass is 16.5. The molecule has 0 spiro atoms. The van der Waals surface area contributed by atoms with E-state index in [4.69, 9.17) is 14.0 Å². The predicted molar refractivity (Wildman–Crippen MR) is 113 cm³/mol. The van der Waals surface area contributed by atoms with Crippen LogP contribution >= 0.6 is 0 Å². The van der Waals surface area contributed by atoms with Gasteiger partial charge in [-0.15, -0.1) is 0 Å². The number of piperidine rings is 1. The number of methoxy groups -OCH3 is 2. The first kappa shape index (κ1) is 19.9. The fraction of sp³-hybridized carbons (Fsp3) is 0.348. The van der Waals surface area contributed by atoms with Crippen molar-refractivity contribution in [2.24, 2.45) is 0 Å². The fourth-order valence-electron chi connectivity index (χ4n) is 3.84. The van der Waals surface area contributed by atoms with Gasteiger partial charge in [0, 0.05) is 18.2 Å². The Morgan fingerprint density at radius 2 is 1.90 bits per heavy atom. The van der Waals surface area contributed by atoms with Gasteiger partial charge in [-0.05, 0) is 56.5 Å². The molecule has 30 heavy (non-hydrogen) atoms. The third-order valence-corrected chi connectivity index (χ3v) is 5.52. The van der Waals surface area contributed by atoms with Gasteiger partial charge < -0.3 is 18.9 Å². The molecule has 1 aliphatic rings. The standard InChI is InChI=1S/C23H25N3O4/c1-15-8-6-7-13-26(15)23(27)18-10-5-4-9-17(18)22-24-21(25-30-22)16-11-12-19(28-2)20(14-16)29-3/h4-5,9-12,14-15H,6-8,13H2,1-3H3. The normalized spacial score (nSPS) is 16.4. The van der Waals surface area contributed by atoms with Crippen LogP contribution in [-0.2, 0) is 0 Å². The van der Waals surface area contributed by atoms with E-state index in [2.05, 4.69) is 17.1 Å². The summed E-state index contributed by atoms with van der Waals surface area (Å²) in [4.78, 5) is 19.7. The Balaban J connectivity index is 1.67. The molecule has 1 fully saturated rings. The van der Waals surface area contributed by atoms with E-state index in [1.807, 2.05) is 35.2 Å². The molecule has 0 aliphatic carbocycles. The number of rotatable bonds is 5. The highest BCUT2D eigenvalue weighted by molar-refractivity contribution is 6.00. The Morgan fingerprint density at radius 1 is 1.10 bits per heavy atom. The first-order valence-electron chi connectivity index (χ1n) is 10.1. The molecule has 0 saturated carbocycles. The van der Waals surface area contributed by atoms with Crippen LogP contribution in [0.15, 0.2) is 47.0 Å². The molecule has 0 radical (unpaired) electrons. The van der Waals surface area contributed by atoms with Gasteiger partial charge in [-0.25, -0.2) is 0 Å². The minimum absolute atomic E-state index is 0.00340. The summed E-state index contributed by atoms with van der Waals surface area (Å²) in [5.41, 5.74) is 1.95. The van der Waals surface area contributed by atoms with Gasteiger partial charge in [-0.2, -0.15) is 4.98 Å². The van der Waals surface area contributed by atoms with Crippen molar-refractivity contribution in [3.05, 3.63) is 48.0 Å². The minimum Gasteiger partial charge on any atom is -0.493 e. The zero-order chi connectivity index (χ0) is 21.1. The van der Waals surface area contributed by atoms with Gasteiger partial charge in [0.05, 0.1) is 25.3 Å². The monoisotopic (exact) mass is 407 g/mol. The lowest BCUT2D eigenvalue weighted by Crippen LogP contribution is -2.42. The summed E-state index contributed by atoms with van der Waals surface area (Å²) in [5, 5.41) is 4.11. The zero-order valence-corrected chi connectivity index (χ0v) is 17.4. The Kier molecular flexibility index (Phi) is 5.70. The average Bonchev–Trinajstić information content (AvgIpc) is 3.28. The molecule has 1 amide bonds. The number of nitrogens with zero attached hydrogens (tertiary/aromatic N) is 3. The number of benzene rings is 2. The summed E-state index contributed by atoms with van der Waals surface area (Å²) >= 11 is 0. The van der Waals surface area contributed by atoms with Crippen molar-refractivity contribution >= 4 is 5.91 Å². The molecule has 7 nitrogen and oxygen atoms in total. The molecule has 1 unspecified atom stereocenters. The third-order valence-electron chi connectivity index (χ3n) is 5.52. The van der Waals surface area contributed by atoms with Crippen molar-refractivity contribution in [1.82, 2.24) is 15.0 Å². The summed E-state index contributed by atoms with van der Waals surface area (Å²) in [6.07, 6.45) is 3.21. The Hall–Kier alpha value is -3.35. The Bertz CT molecular complexity index is 1050. The summed E-state index contributed by atoms with van der Waals surface area (Å²) in [6.45, 7) is 2.87. The molecular formula is C23H25N3O4. The van der Waals surface area contributed by atoms with Crippen LogP contribution < -0.4 is 9.47 Å². The number of hydrogen-bond donors (Lipinski definition) is 0. The van der Waals surface area contributed by atoms with E-state index >= 15 is 0 Å². The van der Waals surface area contributed by atoms with Crippen molar-refractivity contribution < 1.29 is 18.8 Å². The fourth-order valence-corrected chi connectivity index (χ4v) is 3.84. The molecule has 0 bridgehead atoms. The maximum Gasteiger partial charge on any atom is 0.259 e. The maximum absolute atomic E-state index is 13.2. The Labute approximate surface area is 175 Å². The van der Waals surface area contributed by atoms with E-state index in [0.29, 0.717) is 34.3 Å². The number of carbonyl (C=O) groups is 1. The van der Waals surface area contributed by atoms with Gasteiger partial charge >= 0.3 is 0 Å². The van der Waals surface area contributed by atoms with Gasteiger partial charge in [-0.1, -0.05) is 17.3 Å². The third kappa shape index (κ3) is 3.75. The van der Waals surface area contributed by atoms with Crippen LogP contribution in [0.25, 0.3) is 22.8 Å². The molecule has 1 saturated heterocycles. The lowest BCUT2D eigenvalue weighted by molar-refractivity contribution is 0.0636. The molecule has 156 valence electrons. The second-order valence-corrected chi connectivity index (χ2v) is 7.38. The number of likely N-dealkylation sites (tertiary alicyclic amines) is 1. The van der Waals surface area contributed by atoms with Crippen molar-refractivity contribution in [3.63, 3.8) is 0 Å². The van der Waals surface area contributed by atoms with Crippen LogP contribution in [0.3, 0.4) is 0 Å². The largest absolute Gasteiger partial charge is 0.493 e. The van der Waals surface area contributed by atoms with Gasteiger partial charge in [0.15, 0.2) is 11.5 Å². The molecule has 2 aromatic carbocycles. The second kappa shape index (κ2) is 8.57. The van der Waals surface area contributed by atoms with Gasteiger partial charge in [0.25, 0.3) is 11.8 Å². The molecular weight excluding hydrogens is 382 g/mol. The van der Waals surface area contributed by atoms with Crippen molar-refractivity contribution in [2.75, 3.05) is 20.8 Å². The molecule has 0 N–H and O–H groups in total. The quantitative estimate of drug-likeness (QED) is 0.622. The SMILES string of the molecule is COc1ccc(-c2noc(-c3ccccc3C(=O)N3CCCCC3C)n2)cc1OC. The second-order valence-electron chi connectivity index (χ2n) is 7.38. The first-order chi connectivity index (χ1) is 14.6. The van der Waals surface area contributed by atoms with Gasteiger partial charge in [0.1, 0.15) is 0 Å². The average molecular weight is 407 g/mol. The number of amides is 1. The van der Waals surface area contributed by atoms with E-state index in [1.54, 1.807) is 26.4 Å². The maximum atomic E-state index is 13.2. The molecule has 1 aromatic heterocycles. The van der Waals surface area contributed by atoms with Crippen molar-refractivity contribution in [2.45, 2.75) is 32.2 Å². The van der Waals surface area contributed by atoms with Crippen molar-refractivity contribution in [3.8, 4) is 34.3 Å². The topological polar surface area (TPSA) is 77.7 Å². The number of carbonyl (C=O) groups excluding carboxylic acids is 1. The number of hydrogen-bond acceptors (Lipinski definition) is 6. The number of aromatic nitrogens is 2. The highest BCUT2D eigenvalue weighted by Crippen LogP contribution is 2.33. The Morgan fingerprint density at radius 3 is 2.67 bits per heavy atom. The smallest absolute Gasteiger partial charge is 0.259 e. The van der Waals surface area contributed by atoms with Gasteiger partial charge in [0.2, 0.25) is 5.82 Å². The lowest BCUT2D eigenvalue weighted by Gasteiger charge is -2.33. The van der Waals surface area contributed by atoms with Crippen LogP contribution in [-0.4, -0.2) is 47.8 Å². The number of ether oxygens (including phenoxy) is 2. The van der Waals surface area contributed by atoms with E-state index in [9.17, 15) is 4.79 Å². The molecule has 1 aliphatic heterocycles. The zero-order valence-electron chi connectivity index (χ0n) is 17.4. The van der Waals surface area contributed by atoms with Crippen LogP contribution in [0, 0.1) is 0 Å². The van der Waals surface area contributed by atoms with E-state index in [-0.39, 0.29) is 11.9 Å². The van der Waals surface area contributed by atoms with Crippen LogP contribution in [0.4, 0.5) is 0 Å².